The average molecular weight is 276 g/mol. The number of esters is 1. The van der Waals surface area contributed by atoms with Gasteiger partial charge >= 0.3 is 5.97 Å². The van der Waals surface area contributed by atoms with Gasteiger partial charge in [0.25, 0.3) is 0 Å². The fourth-order valence-corrected chi connectivity index (χ4v) is 1.64. The van der Waals surface area contributed by atoms with Gasteiger partial charge in [-0.05, 0) is 12.1 Å². The first-order valence-corrected chi connectivity index (χ1v) is 5.60. The van der Waals surface area contributed by atoms with Crippen LogP contribution in [0.4, 0.5) is 0 Å². The predicted molar refractivity (Wildman–Crippen MR) is 65.0 cm³/mol. The van der Waals surface area contributed by atoms with Crippen molar-refractivity contribution < 1.29 is 9.53 Å². The molecule has 0 saturated heterocycles. The molecular weight excluding hydrogens is 270 g/mol. The highest BCUT2D eigenvalue weighted by molar-refractivity contribution is 6.29. The molecule has 3 aromatic rings. The highest BCUT2D eigenvalue weighted by Crippen LogP contribution is 2.16. The maximum absolute atomic E-state index is 11.9. The smallest absolute Gasteiger partial charge is 0.362 e. The summed E-state index contributed by atoms with van der Waals surface area (Å²) in [6.45, 7) is 0. The number of hydrogen-bond donors (Lipinski definition) is 0. The Bertz CT molecular complexity index is 757. The van der Waals surface area contributed by atoms with E-state index in [4.69, 9.17) is 16.3 Å². The van der Waals surface area contributed by atoms with Crippen molar-refractivity contribution in [2.24, 2.45) is 0 Å². The van der Waals surface area contributed by atoms with Crippen molar-refractivity contribution in [1.82, 2.24) is 24.6 Å². The molecular formula is C11H6ClN5O2. The summed E-state index contributed by atoms with van der Waals surface area (Å²) in [5.41, 5.74) is 0.499. The van der Waals surface area contributed by atoms with E-state index in [-0.39, 0.29) is 16.6 Å². The largest absolute Gasteiger partial charge is 0.416 e. The van der Waals surface area contributed by atoms with Crippen molar-refractivity contribution in [2.45, 2.75) is 0 Å². The third kappa shape index (κ3) is 2.23. The third-order valence-corrected chi connectivity index (χ3v) is 2.51. The molecule has 3 aromatic heterocycles. The van der Waals surface area contributed by atoms with E-state index in [1.54, 1.807) is 12.1 Å². The molecule has 0 aliphatic rings. The van der Waals surface area contributed by atoms with Crippen LogP contribution in [-0.2, 0) is 0 Å². The molecule has 0 saturated carbocycles. The van der Waals surface area contributed by atoms with E-state index in [0.29, 0.717) is 5.65 Å². The van der Waals surface area contributed by atoms with Gasteiger partial charge in [0.1, 0.15) is 17.8 Å². The zero-order valence-corrected chi connectivity index (χ0v) is 10.2. The SMILES string of the molecule is O=C(Oc1cncn2cnnc12)c1cccc(Cl)n1. The molecule has 0 amide bonds. The molecule has 3 heterocycles. The molecule has 0 aliphatic carbocycles. The second-order valence-electron chi connectivity index (χ2n) is 3.55. The molecule has 19 heavy (non-hydrogen) atoms. The molecule has 0 aromatic carbocycles. The lowest BCUT2D eigenvalue weighted by Gasteiger charge is -2.04. The zero-order chi connectivity index (χ0) is 13.2. The number of nitrogens with zero attached hydrogens (tertiary/aromatic N) is 5. The van der Waals surface area contributed by atoms with Crippen molar-refractivity contribution in [3.63, 3.8) is 0 Å². The summed E-state index contributed by atoms with van der Waals surface area (Å²) < 4.78 is 6.72. The minimum atomic E-state index is -0.639. The molecule has 0 N–H and O–H groups in total. The Kier molecular flexibility index (Phi) is 2.81. The van der Waals surface area contributed by atoms with Crippen LogP contribution in [-0.4, -0.2) is 30.5 Å². The predicted octanol–water partition coefficient (Wildman–Crippen LogP) is 1.39. The van der Waals surface area contributed by atoms with Gasteiger partial charge < -0.3 is 4.74 Å². The zero-order valence-electron chi connectivity index (χ0n) is 9.39. The quantitative estimate of drug-likeness (QED) is 0.519. The molecule has 3 rings (SSSR count). The van der Waals surface area contributed by atoms with Crippen LogP contribution in [0, 0.1) is 0 Å². The molecule has 0 aliphatic heterocycles. The van der Waals surface area contributed by atoms with E-state index < -0.39 is 5.97 Å². The lowest BCUT2D eigenvalue weighted by molar-refractivity contribution is 0.0729. The Balaban J connectivity index is 1.93. The lowest BCUT2D eigenvalue weighted by Crippen LogP contribution is -2.11. The number of fused-ring (bicyclic) bond motifs is 1. The number of carbonyl (C=O) groups is 1. The summed E-state index contributed by atoms with van der Waals surface area (Å²) in [5, 5.41) is 7.75. The van der Waals surface area contributed by atoms with Gasteiger partial charge in [0, 0.05) is 0 Å². The minimum Gasteiger partial charge on any atom is -0.416 e. The second-order valence-corrected chi connectivity index (χ2v) is 3.94. The van der Waals surface area contributed by atoms with Gasteiger partial charge in [-0.25, -0.2) is 14.8 Å². The Morgan fingerprint density at radius 1 is 1.32 bits per heavy atom. The topological polar surface area (TPSA) is 82.3 Å². The van der Waals surface area contributed by atoms with Gasteiger partial charge in [-0.3, -0.25) is 4.40 Å². The van der Waals surface area contributed by atoms with Gasteiger partial charge in [0.2, 0.25) is 5.65 Å². The Morgan fingerprint density at radius 2 is 2.21 bits per heavy atom. The number of rotatable bonds is 2. The molecule has 94 valence electrons. The van der Waals surface area contributed by atoms with Gasteiger partial charge in [0.15, 0.2) is 11.4 Å². The van der Waals surface area contributed by atoms with Crippen LogP contribution in [0.1, 0.15) is 10.5 Å². The average Bonchev–Trinajstić information content (AvgIpc) is 2.88. The fourth-order valence-electron chi connectivity index (χ4n) is 1.48. The second kappa shape index (κ2) is 4.62. The number of hydrogen-bond acceptors (Lipinski definition) is 6. The van der Waals surface area contributed by atoms with Crippen LogP contribution in [0.3, 0.4) is 0 Å². The number of pyridine rings is 1. The van der Waals surface area contributed by atoms with E-state index in [1.165, 1.54) is 29.3 Å². The number of ether oxygens (including phenoxy) is 1. The van der Waals surface area contributed by atoms with E-state index >= 15 is 0 Å². The van der Waals surface area contributed by atoms with Gasteiger partial charge in [0.05, 0.1) is 6.20 Å². The first-order valence-electron chi connectivity index (χ1n) is 5.22. The maximum Gasteiger partial charge on any atom is 0.362 e. The summed E-state index contributed by atoms with van der Waals surface area (Å²) in [6.07, 6.45) is 4.34. The minimum absolute atomic E-state index is 0.106. The molecule has 0 radical (unpaired) electrons. The van der Waals surface area contributed by atoms with E-state index in [0.717, 1.165) is 0 Å². The van der Waals surface area contributed by atoms with Gasteiger partial charge in [-0.15, -0.1) is 10.2 Å². The Labute approximate surface area is 111 Å². The number of carbonyl (C=O) groups excluding carboxylic acids is 1. The summed E-state index contributed by atoms with van der Waals surface area (Å²) in [6, 6.07) is 4.69. The van der Waals surface area contributed by atoms with Crippen LogP contribution in [0.15, 0.2) is 37.1 Å². The monoisotopic (exact) mass is 275 g/mol. The van der Waals surface area contributed by atoms with E-state index in [2.05, 4.69) is 20.2 Å². The van der Waals surface area contributed by atoms with Gasteiger partial charge in [-0.1, -0.05) is 17.7 Å². The number of aromatic nitrogens is 5. The third-order valence-electron chi connectivity index (χ3n) is 2.30. The van der Waals surface area contributed by atoms with Crippen LogP contribution >= 0.6 is 11.6 Å². The van der Waals surface area contributed by atoms with Crippen molar-refractivity contribution in [2.75, 3.05) is 0 Å². The summed E-state index contributed by atoms with van der Waals surface area (Å²) in [5.74, 6) is -0.438. The Morgan fingerprint density at radius 3 is 3.05 bits per heavy atom. The first-order chi connectivity index (χ1) is 9.24. The summed E-state index contributed by atoms with van der Waals surface area (Å²) in [7, 11) is 0. The van der Waals surface area contributed by atoms with Crippen LogP contribution in [0.2, 0.25) is 5.15 Å². The summed E-state index contributed by atoms with van der Waals surface area (Å²) >= 11 is 5.71. The van der Waals surface area contributed by atoms with Gasteiger partial charge in [-0.2, -0.15) is 0 Å². The highest BCUT2D eigenvalue weighted by atomic mass is 35.5. The van der Waals surface area contributed by atoms with E-state index in [9.17, 15) is 4.79 Å². The molecule has 0 atom stereocenters. The van der Waals surface area contributed by atoms with E-state index in [1.807, 2.05) is 0 Å². The molecule has 0 spiro atoms. The van der Waals surface area contributed by atoms with Crippen molar-refractivity contribution in [3.05, 3.63) is 47.9 Å². The first kappa shape index (κ1) is 11.5. The highest BCUT2D eigenvalue weighted by Gasteiger charge is 2.14. The Hall–Kier alpha value is -2.54. The van der Waals surface area contributed by atoms with Crippen molar-refractivity contribution in [1.29, 1.82) is 0 Å². The molecule has 8 heteroatoms. The molecule has 0 bridgehead atoms. The molecule has 0 unspecified atom stereocenters. The standard InChI is InChI=1S/C11H6ClN5O2/c12-9-3-1-2-7(15-9)11(18)19-8-4-13-5-17-6-14-16-10(8)17/h1-6H. The molecule has 7 nitrogen and oxygen atoms in total. The molecule has 0 fully saturated rings. The van der Waals surface area contributed by atoms with Crippen LogP contribution in [0.5, 0.6) is 5.75 Å². The normalized spacial score (nSPS) is 10.6. The van der Waals surface area contributed by atoms with Crippen molar-refractivity contribution in [3.8, 4) is 5.75 Å². The van der Waals surface area contributed by atoms with Crippen molar-refractivity contribution >= 4 is 23.2 Å². The van der Waals surface area contributed by atoms with Crippen LogP contribution in [0.25, 0.3) is 5.65 Å². The maximum atomic E-state index is 11.9. The summed E-state index contributed by atoms with van der Waals surface area (Å²) in [4.78, 5) is 19.7. The fraction of sp³-hybridized carbons (Fsp3) is 0. The van der Waals surface area contributed by atoms with Crippen LogP contribution < -0.4 is 4.74 Å². The lowest BCUT2D eigenvalue weighted by atomic mass is 10.3. The number of halogens is 1.